The molecule has 4 unspecified atom stereocenters. The summed E-state index contributed by atoms with van der Waals surface area (Å²) >= 11 is 3.50. The molecule has 2 fully saturated rings. The Kier molecular flexibility index (Phi) is 5.21. The predicted molar refractivity (Wildman–Crippen MR) is 108 cm³/mol. The summed E-state index contributed by atoms with van der Waals surface area (Å²) in [4.78, 5) is 15.2. The van der Waals surface area contributed by atoms with Gasteiger partial charge in [-0.3, -0.25) is 4.79 Å². The van der Waals surface area contributed by atoms with E-state index in [-0.39, 0.29) is 35.7 Å². The van der Waals surface area contributed by atoms with E-state index < -0.39 is 0 Å². The molecule has 5 nitrogen and oxygen atoms in total. The largest absolute Gasteiger partial charge is 0.508 e. The Morgan fingerprint density at radius 3 is 2.48 bits per heavy atom. The lowest BCUT2D eigenvalue weighted by atomic mass is 9.83. The van der Waals surface area contributed by atoms with Crippen molar-refractivity contribution >= 4 is 21.8 Å². The molecule has 0 saturated carbocycles. The molecule has 4 rings (SSSR count). The fourth-order valence-electron chi connectivity index (χ4n) is 4.35. The minimum atomic E-state index is -0.292. The van der Waals surface area contributed by atoms with E-state index in [1.807, 2.05) is 35.2 Å². The van der Waals surface area contributed by atoms with Crippen molar-refractivity contribution in [2.24, 2.45) is 5.92 Å². The van der Waals surface area contributed by atoms with Gasteiger partial charge in [0.15, 0.2) is 0 Å². The molecule has 3 N–H and O–H groups in total. The van der Waals surface area contributed by atoms with Gasteiger partial charge in [0.2, 0.25) is 5.91 Å². The van der Waals surface area contributed by atoms with Crippen molar-refractivity contribution in [1.82, 2.24) is 15.8 Å². The Morgan fingerprint density at radius 2 is 1.78 bits per heavy atom. The van der Waals surface area contributed by atoms with Crippen molar-refractivity contribution in [2.45, 2.75) is 37.9 Å². The van der Waals surface area contributed by atoms with Gasteiger partial charge in [-0.05, 0) is 30.2 Å². The molecule has 142 valence electrons. The lowest BCUT2D eigenvalue weighted by Gasteiger charge is -2.31. The number of fused-ring (bicyclic) bond motifs is 1. The van der Waals surface area contributed by atoms with Crippen molar-refractivity contribution in [3.05, 3.63) is 64.1 Å². The van der Waals surface area contributed by atoms with E-state index in [2.05, 4.69) is 45.8 Å². The highest BCUT2D eigenvalue weighted by Crippen LogP contribution is 2.48. The highest BCUT2D eigenvalue weighted by atomic mass is 79.9. The van der Waals surface area contributed by atoms with Crippen LogP contribution in [0.4, 0.5) is 0 Å². The van der Waals surface area contributed by atoms with Crippen LogP contribution < -0.4 is 10.9 Å². The molecule has 2 aromatic carbocycles. The van der Waals surface area contributed by atoms with Gasteiger partial charge >= 0.3 is 0 Å². The van der Waals surface area contributed by atoms with Gasteiger partial charge in [0.25, 0.3) is 0 Å². The number of likely N-dealkylation sites (tertiary alicyclic amines) is 1. The summed E-state index contributed by atoms with van der Waals surface area (Å²) in [7, 11) is 0. The number of nitrogens with one attached hydrogen (secondary N) is 2. The van der Waals surface area contributed by atoms with Gasteiger partial charge in [-0.15, -0.1) is 0 Å². The molecule has 2 heterocycles. The quantitative estimate of drug-likeness (QED) is 0.678. The Balaban J connectivity index is 1.76. The smallest absolute Gasteiger partial charge is 0.242 e. The van der Waals surface area contributed by atoms with E-state index in [1.54, 1.807) is 6.07 Å². The average molecular weight is 430 g/mol. The Hall–Kier alpha value is -1.89. The Bertz CT molecular complexity index is 826. The first-order valence-electron chi connectivity index (χ1n) is 9.46. The van der Waals surface area contributed by atoms with E-state index in [9.17, 15) is 9.90 Å². The lowest BCUT2D eigenvalue weighted by molar-refractivity contribution is -0.130. The number of para-hydroxylation sites is 1. The molecule has 2 aromatic rings. The number of benzene rings is 2. The van der Waals surface area contributed by atoms with Gasteiger partial charge in [-0.1, -0.05) is 59.6 Å². The molecule has 0 aliphatic carbocycles. The van der Waals surface area contributed by atoms with E-state index in [1.165, 1.54) is 0 Å². The van der Waals surface area contributed by atoms with Crippen molar-refractivity contribution in [3.63, 3.8) is 0 Å². The molecule has 2 aliphatic heterocycles. The summed E-state index contributed by atoms with van der Waals surface area (Å²) in [5.41, 5.74) is 8.42. The minimum Gasteiger partial charge on any atom is -0.508 e. The molecule has 0 bridgehead atoms. The number of amides is 1. The zero-order valence-electron chi connectivity index (χ0n) is 15.2. The Labute approximate surface area is 167 Å². The van der Waals surface area contributed by atoms with Crippen LogP contribution in [0.1, 0.15) is 43.0 Å². The highest BCUT2D eigenvalue weighted by Gasteiger charge is 2.55. The number of rotatable bonds is 5. The van der Waals surface area contributed by atoms with Gasteiger partial charge in [0, 0.05) is 22.5 Å². The van der Waals surface area contributed by atoms with Crippen molar-refractivity contribution in [2.75, 3.05) is 6.54 Å². The topological polar surface area (TPSA) is 64.6 Å². The molecule has 2 saturated heterocycles. The third kappa shape index (κ3) is 3.26. The number of aromatic hydroxyl groups is 1. The molecule has 1 amide bonds. The number of carbonyl (C=O) groups is 1. The predicted octanol–water partition coefficient (Wildman–Crippen LogP) is 3.67. The molecule has 0 aromatic heterocycles. The second-order valence-corrected chi connectivity index (χ2v) is 8.18. The number of hydrazine groups is 1. The second-order valence-electron chi connectivity index (χ2n) is 7.26. The number of nitrogens with zero attached hydrogens (tertiary/aromatic N) is 1. The third-order valence-corrected chi connectivity index (χ3v) is 6.18. The average Bonchev–Trinajstić information content (AvgIpc) is 3.21. The zero-order valence-corrected chi connectivity index (χ0v) is 16.8. The number of hydrogen-bond acceptors (Lipinski definition) is 4. The molecular formula is C21H24BrN3O2. The first kappa shape index (κ1) is 18.5. The maximum atomic E-state index is 13.2. The fourth-order valence-corrected chi connectivity index (χ4v) is 4.62. The number of carbonyl (C=O) groups excluding carboxylic acids is 1. The summed E-state index contributed by atoms with van der Waals surface area (Å²) in [6.07, 6.45) is 2.02. The SMILES string of the molecule is CCCCN1C(=O)C2NNC(c3ccccc3O)C2C1c1ccc(Br)cc1. The van der Waals surface area contributed by atoms with Gasteiger partial charge < -0.3 is 10.0 Å². The summed E-state index contributed by atoms with van der Waals surface area (Å²) < 4.78 is 1.02. The van der Waals surface area contributed by atoms with E-state index >= 15 is 0 Å². The van der Waals surface area contributed by atoms with Crippen LogP contribution in [0.3, 0.4) is 0 Å². The van der Waals surface area contributed by atoms with Crippen LogP contribution in [0.15, 0.2) is 53.0 Å². The van der Waals surface area contributed by atoms with E-state index in [0.717, 1.165) is 35.0 Å². The number of phenols is 1. The first-order chi connectivity index (χ1) is 13.1. The fraction of sp³-hybridized carbons (Fsp3) is 0.381. The maximum Gasteiger partial charge on any atom is 0.242 e. The Morgan fingerprint density at radius 1 is 1.07 bits per heavy atom. The van der Waals surface area contributed by atoms with E-state index in [4.69, 9.17) is 0 Å². The van der Waals surface area contributed by atoms with Crippen LogP contribution in [0, 0.1) is 5.92 Å². The van der Waals surface area contributed by atoms with Crippen molar-refractivity contribution < 1.29 is 9.90 Å². The molecule has 27 heavy (non-hydrogen) atoms. The second kappa shape index (κ2) is 7.62. The molecule has 0 spiro atoms. The first-order valence-corrected chi connectivity index (χ1v) is 10.3. The third-order valence-electron chi connectivity index (χ3n) is 5.65. The van der Waals surface area contributed by atoms with Gasteiger partial charge in [-0.25, -0.2) is 10.9 Å². The maximum absolute atomic E-state index is 13.2. The number of halogens is 1. The summed E-state index contributed by atoms with van der Waals surface area (Å²) in [5.74, 6) is 0.391. The zero-order chi connectivity index (χ0) is 19.0. The lowest BCUT2D eigenvalue weighted by Crippen LogP contribution is -2.41. The van der Waals surface area contributed by atoms with Gasteiger partial charge in [-0.2, -0.15) is 0 Å². The molecular weight excluding hydrogens is 406 g/mol. The number of hydrogen-bond donors (Lipinski definition) is 3. The summed E-state index contributed by atoms with van der Waals surface area (Å²) in [6, 6.07) is 15.1. The van der Waals surface area contributed by atoms with E-state index in [0.29, 0.717) is 0 Å². The van der Waals surface area contributed by atoms with Crippen molar-refractivity contribution in [3.8, 4) is 5.75 Å². The van der Waals surface area contributed by atoms with Crippen LogP contribution in [0.2, 0.25) is 0 Å². The van der Waals surface area contributed by atoms with Gasteiger partial charge in [0.1, 0.15) is 11.8 Å². The molecule has 0 radical (unpaired) electrons. The van der Waals surface area contributed by atoms with Crippen LogP contribution in [-0.2, 0) is 4.79 Å². The molecule has 6 heteroatoms. The van der Waals surface area contributed by atoms with Crippen LogP contribution in [0.25, 0.3) is 0 Å². The number of phenolic OH excluding ortho intramolecular Hbond substituents is 1. The van der Waals surface area contributed by atoms with Gasteiger partial charge in [0.05, 0.1) is 12.1 Å². The summed E-state index contributed by atoms with van der Waals surface area (Å²) in [6.45, 7) is 2.89. The standard InChI is InChI=1S/C21H24BrN3O2/c1-2-3-12-25-20(13-8-10-14(22)11-9-13)17-18(23-24-19(17)21(25)27)15-6-4-5-7-16(15)26/h4-11,17-20,23-24,26H,2-3,12H2,1H3. The van der Waals surface area contributed by atoms with Crippen LogP contribution >= 0.6 is 15.9 Å². The minimum absolute atomic E-state index is 0.00355. The number of unbranched alkanes of at least 4 members (excludes halogenated alkanes) is 1. The molecule has 2 aliphatic rings. The van der Waals surface area contributed by atoms with Crippen LogP contribution in [0.5, 0.6) is 5.75 Å². The van der Waals surface area contributed by atoms with Crippen molar-refractivity contribution in [1.29, 1.82) is 0 Å². The highest BCUT2D eigenvalue weighted by molar-refractivity contribution is 9.10. The molecule has 4 atom stereocenters. The van der Waals surface area contributed by atoms with Crippen LogP contribution in [-0.4, -0.2) is 28.5 Å². The normalized spacial score (nSPS) is 27.2. The monoisotopic (exact) mass is 429 g/mol. The summed E-state index contributed by atoms with van der Waals surface area (Å²) in [5, 5.41) is 10.4.